The summed E-state index contributed by atoms with van der Waals surface area (Å²) < 4.78 is 7.49. The second-order valence-electron chi connectivity index (χ2n) is 9.49. The standard InChI is InChI=1S/C34H30N4O/c1-39-29-19-17-28(18-20-29)38-23-31(27-15-9-4-10-16-27)32-33(36-24-37-34(32)38)35-22-21-30(25-11-5-2-6-12-25)26-13-7-3-8-14-26/h2-20,23-24,30H,21-22H2,1H3,(H,35,36,37). The fourth-order valence-corrected chi connectivity index (χ4v) is 5.20. The fourth-order valence-electron chi connectivity index (χ4n) is 5.20. The number of anilines is 1. The van der Waals surface area contributed by atoms with Gasteiger partial charge in [-0.3, -0.25) is 0 Å². The second kappa shape index (κ2) is 11.2. The molecule has 6 rings (SSSR count). The monoisotopic (exact) mass is 510 g/mol. The van der Waals surface area contributed by atoms with Crippen molar-refractivity contribution in [1.82, 2.24) is 14.5 Å². The molecule has 0 fully saturated rings. The van der Waals surface area contributed by atoms with Gasteiger partial charge in [0.25, 0.3) is 0 Å². The lowest BCUT2D eigenvalue weighted by Gasteiger charge is -2.19. The molecule has 2 heterocycles. The van der Waals surface area contributed by atoms with Crippen molar-refractivity contribution < 1.29 is 4.74 Å². The van der Waals surface area contributed by atoms with E-state index in [2.05, 4.69) is 101 Å². The highest BCUT2D eigenvalue weighted by atomic mass is 16.5. The first-order valence-electron chi connectivity index (χ1n) is 13.2. The molecule has 5 nitrogen and oxygen atoms in total. The van der Waals surface area contributed by atoms with Crippen molar-refractivity contribution in [2.45, 2.75) is 12.3 Å². The van der Waals surface area contributed by atoms with Crippen molar-refractivity contribution in [2.24, 2.45) is 0 Å². The number of methoxy groups -OCH3 is 1. The summed E-state index contributed by atoms with van der Waals surface area (Å²) in [5.74, 6) is 1.95. The van der Waals surface area contributed by atoms with E-state index in [0.717, 1.165) is 52.4 Å². The first-order valence-corrected chi connectivity index (χ1v) is 13.2. The Labute approximate surface area is 228 Å². The molecule has 0 amide bonds. The summed E-state index contributed by atoms with van der Waals surface area (Å²) in [7, 11) is 1.68. The molecule has 0 saturated carbocycles. The van der Waals surface area contributed by atoms with Gasteiger partial charge in [-0.1, -0.05) is 91.0 Å². The molecular formula is C34H30N4O. The van der Waals surface area contributed by atoms with Crippen LogP contribution in [-0.2, 0) is 0 Å². The van der Waals surface area contributed by atoms with E-state index in [1.807, 2.05) is 30.3 Å². The predicted octanol–water partition coefficient (Wildman–Crippen LogP) is 7.73. The molecule has 0 atom stereocenters. The maximum absolute atomic E-state index is 5.37. The third kappa shape index (κ3) is 5.12. The zero-order chi connectivity index (χ0) is 26.4. The molecule has 39 heavy (non-hydrogen) atoms. The minimum absolute atomic E-state index is 0.287. The lowest BCUT2D eigenvalue weighted by molar-refractivity contribution is 0.415. The molecule has 0 spiro atoms. The van der Waals surface area contributed by atoms with Crippen LogP contribution in [0.2, 0.25) is 0 Å². The van der Waals surface area contributed by atoms with Crippen LogP contribution < -0.4 is 10.1 Å². The highest BCUT2D eigenvalue weighted by Gasteiger charge is 2.19. The Kier molecular flexibility index (Phi) is 7.04. The van der Waals surface area contributed by atoms with Gasteiger partial charge in [-0.15, -0.1) is 0 Å². The van der Waals surface area contributed by atoms with Crippen LogP contribution in [0, 0.1) is 0 Å². The Bertz CT molecular complexity index is 1610. The summed E-state index contributed by atoms with van der Waals surface area (Å²) >= 11 is 0. The Morgan fingerprint density at radius 1 is 0.744 bits per heavy atom. The average Bonchev–Trinajstić information content (AvgIpc) is 3.41. The number of hydrogen-bond donors (Lipinski definition) is 1. The molecule has 0 bridgehead atoms. The van der Waals surface area contributed by atoms with Gasteiger partial charge in [0.15, 0.2) is 5.65 Å². The summed E-state index contributed by atoms with van der Waals surface area (Å²) in [6.07, 6.45) is 4.73. The van der Waals surface area contributed by atoms with Crippen molar-refractivity contribution in [3.8, 4) is 22.6 Å². The van der Waals surface area contributed by atoms with E-state index in [1.165, 1.54) is 11.1 Å². The van der Waals surface area contributed by atoms with Crippen molar-refractivity contribution in [1.29, 1.82) is 0 Å². The molecule has 0 radical (unpaired) electrons. The SMILES string of the molecule is COc1ccc(-n2cc(-c3ccccc3)c3c(NCCC(c4ccccc4)c4ccccc4)ncnc32)cc1. The van der Waals surface area contributed by atoms with Crippen molar-refractivity contribution in [3.05, 3.63) is 139 Å². The van der Waals surface area contributed by atoms with Crippen LogP contribution in [0.5, 0.6) is 5.75 Å². The maximum atomic E-state index is 5.37. The number of benzene rings is 4. The Morgan fingerprint density at radius 3 is 1.97 bits per heavy atom. The zero-order valence-corrected chi connectivity index (χ0v) is 21.9. The van der Waals surface area contributed by atoms with Gasteiger partial charge in [0, 0.05) is 29.9 Å². The molecule has 0 aliphatic carbocycles. The molecule has 0 unspecified atom stereocenters. The van der Waals surface area contributed by atoms with Crippen LogP contribution in [0.25, 0.3) is 27.8 Å². The van der Waals surface area contributed by atoms with Crippen LogP contribution >= 0.6 is 0 Å². The fraction of sp³-hybridized carbons (Fsp3) is 0.118. The molecule has 4 aromatic carbocycles. The quantitative estimate of drug-likeness (QED) is 0.216. The molecule has 0 aliphatic rings. The summed E-state index contributed by atoms with van der Waals surface area (Å²) in [6, 6.07) is 39.9. The summed E-state index contributed by atoms with van der Waals surface area (Å²) in [5.41, 5.74) is 6.72. The van der Waals surface area contributed by atoms with Crippen LogP contribution in [0.3, 0.4) is 0 Å². The number of aromatic nitrogens is 3. The number of nitrogens with zero attached hydrogens (tertiary/aromatic N) is 3. The first kappa shape index (κ1) is 24.4. The van der Waals surface area contributed by atoms with Gasteiger partial charge >= 0.3 is 0 Å². The predicted molar refractivity (Wildman–Crippen MR) is 159 cm³/mol. The second-order valence-corrected chi connectivity index (χ2v) is 9.49. The third-order valence-electron chi connectivity index (χ3n) is 7.15. The van der Waals surface area contributed by atoms with Crippen molar-refractivity contribution >= 4 is 16.9 Å². The lowest BCUT2D eigenvalue weighted by atomic mass is 9.88. The summed E-state index contributed by atoms with van der Waals surface area (Å²) in [4.78, 5) is 9.44. The number of fused-ring (bicyclic) bond motifs is 1. The van der Waals surface area contributed by atoms with Crippen LogP contribution in [0.1, 0.15) is 23.5 Å². The van der Waals surface area contributed by atoms with Crippen LogP contribution in [0.4, 0.5) is 5.82 Å². The third-order valence-corrected chi connectivity index (χ3v) is 7.15. The van der Waals surface area contributed by atoms with Gasteiger partial charge in [-0.2, -0.15) is 0 Å². The topological polar surface area (TPSA) is 52.0 Å². The molecule has 0 aliphatic heterocycles. The highest BCUT2D eigenvalue weighted by molar-refractivity contribution is 6.02. The van der Waals surface area contributed by atoms with Crippen molar-refractivity contribution in [2.75, 3.05) is 19.0 Å². The normalized spacial score (nSPS) is 11.1. The Morgan fingerprint density at radius 2 is 1.36 bits per heavy atom. The summed E-state index contributed by atoms with van der Waals surface area (Å²) in [5, 5.41) is 4.68. The molecule has 0 saturated heterocycles. The number of nitrogens with one attached hydrogen (secondary N) is 1. The minimum atomic E-state index is 0.287. The van der Waals surface area contributed by atoms with E-state index in [1.54, 1.807) is 13.4 Å². The Hall–Kier alpha value is -4.90. The van der Waals surface area contributed by atoms with Gasteiger partial charge in [0.1, 0.15) is 17.9 Å². The van der Waals surface area contributed by atoms with Gasteiger partial charge < -0.3 is 14.6 Å². The lowest BCUT2D eigenvalue weighted by Crippen LogP contribution is -2.10. The molecule has 2 aromatic heterocycles. The Balaban J connectivity index is 1.36. The number of rotatable bonds is 9. The van der Waals surface area contributed by atoms with E-state index < -0.39 is 0 Å². The number of hydrogen-bond acceptors (Lipinski definition) is 4. The van der Waals surface area contributed by atoms with Crippen LogP contribution in [0.15, 0.2) is 128 Å². The van der Waals surface area contributed by atoms with E-state index in [4.69, 9.17) is 14.7 Å². The molecule has 1 N–H and O–H groups in total. The van der Waals surface area contributed by atoms with Gasteiger partial charge in [0.2, 0.25) is 0 Å². The first-order chi connectivity index (χ1) is 19.3. The highest BCUT2D eigenvalue weighted by Crippen LogP contribution is 2.36. The van der Waals surface area contributed by atoms with Gasteiger partial charge in [-0.25, -0.2) is 9.97 Å². The van der Waals surface area contributed by atoms with Crippen LogP contribution in [-0.4, -0.2) is 28.2 Å². The molecule has 192 valence electrons. The zero-order valence-electron chi connectivity index (χ0n) is 21.9. The average molecular weight is 511 g/mol. The van der Waals surface area contributed by atoms with E-state index in [9.17, 15) is 0 Å². The summed E-state index contributed by atoms with van der Waals surface area (Å²) in [6.45, 7) is 0.766. The largest absolute Gasteiger partial charge is 0.497 e. The van der Waals surface area contributed by atoms with E-state index >= 15 is 0 Å². The van der Waals surface area contributed by atoms with E-state index in [0.29, 0.717) is 0 Å². The minimum Gasteiger partial charge on any atom is -0.497 e. The molecule has 6 aromatic rings. The number of ether oxygens (including phenoxy) is 1. The van der Waals surface area contributed by atoms with E-state index in [-0.39, 0.29) is 5.92 Å². The smallest absolute Gasteiger partial charge is 0.150 e. The molecular weight excluding hydrogens is 480 g/mol. The van der Waals surface area contributed by atoms with Gasteiger partial charge in [-0.05, 0) is 47.4 Å². The maximum Gasteiger partial charge on any atom is 0.150 e. The van der Waals surface area contributed by atoms with Crippen molar-refractivity contribution in [3.63, 3.8) is 0 Å². The molecule has 5 heteroatoms. The van der Waals surface area contributed by atoms with Gasteiger partial charge in [0.05, 0.1) is 12.5 Å².